The van der Waals surface area contributed by atoms with Crippen molar-refractivity contribution in [1.82, 2.24) is 9.78 Å². The third-order valence-electron chi connectivity index (χ3n) is 4.83. The van der Waals surface area contributed by atoms with Crippen LogP contribution >= 0.6 is 11.3 Å². The minimum Gasteiger partial charge on any atom is -0.461 e. The minimum atomic E-state index is -0.626. The van der Waals surface area contributed by atoms with E-state index in [1.54, 1.807) is 24.4 Å². The number of amides is 1. The highest BCUT2D eigenvalue weighted by molar-refractivity contribution is 7.16. The molecule has 0 radical (unpaired) electrons. The monoisotopic (exact) mass is 447 g/mol. The molecule has 1 N–H and O–H groups in total. The first-order valence-electron chi connectivity index (χ1n) is 10.1. The third-order valence-corrected chi connectivity index (χ3v) is 5.72. The van der Waals surface area contributed by atoms with Gasteiger partial charge in [-0.2, -0.15) is 9.78 Å². The fraction of sp³-hybridized carbons (Fsp3) is 0.167. The molecule has 0 unspecified atom stereocenters. The van der Waals surface area contributed by atoms with Gasteiger partial charge < -0.3 is 10.1 Å². The van der Waals surface area contributed by atoms with Crippen molar-refractivity contribution in [1.29, 1.82) is 0 Å². The highest BCUT2D eigenvalue weighted by Gasteiger charge is 2.23. The number of hydrogen-bond acceptors (Lipinski definition) is 6. The Balaban J connectivity index is 1.82. The Hall–Kier alpha value is -3.78. The van der Waals surface area contributed by atoms with Crippen molar-refractivity contribution in [2.75, 3.05) is 11.9 Å². The van der Waals surface area contributed by atoms with Gasteiger partial charge in [0.1, 0.15) is 5.00 Å². The van der Waals surface area contributed by atoms with E-state index in [-0.39, 0.29) is 30.0 Å². The normalized spacial score (nSPS) is 10.8. The SMILES string of the molecule is CCOC(=O)c1nn(-c2cccc(C)c2)c(=O)c2c(NC(=O)Cc3ccccc3)scc12. The quantitative estimate of drug-likeness (QED) is 0.449. The van der Waals surface area contributed by atoms with Gasteiger partial charge in [-0.3, -0.25) is 9.59 Å². The second-order valence-electron chi connectivity index (χ2n) is 7.19. The van der Waals surface area contributed by atoms with E-state index < -0.39 is 11.5 Å². The van der Waals surface area contributed by atoms with E-state index in [4.69, 9.17) is 4.74 Å². The summed E-state index contributed by atoms with van der Waals surface area (Å²) in [6.07, 6.45) is 0.169. The van der Waals surface area contributed by atoms with E-state index in [0.717, 1.165) is 11.1 Å². The van der Waals surface area contributed by atoms with E-state index in [0.29, 0.717) is 16.1 Å². The zero-order chi connectivity index (χ0) is 22.7. The summed E-state index contributed by atoms with van der Waals surface area (Å²) < 4.78 is 6.34. The van der Waals surface area contributed by atoms with Gasteiger partial charge in [0.2, 0.25) is 5.91 Å². The summed E-state index contributed by atoms with van der Waals surface area (Å²) in [4.78, 5) is 38.6. The van der Waals surface area contributed by atoms with Crippen LogP contribution in [-0.4, -0.2) is 28.3 Å². The Kier molecular flexibility index (Phi) is 6.13. The van der Waals surface area contributed by atoms with Crippen molar-refractivity contribution in [2.24, 2.45) is 0 Å². The fourth-order valence-electron chi connectivity index (χ4n) is 3.38. The van der Waals surface area contributed by atoms with Crippen molar-refractivity contribution in [3.05, 3.63) is 87.2 Å². The summed E-state index contributed by atoms with van der Waals surface area (Å²) in [5.41, 5.74) is 1.93. The number of carbonyl (C=O) groups is 2. The van der Waals surface area contributed by atoms with E-state index in [1.165, 1.54) is 16.0 Å². The van der Waals surface area contributed by atoms with Crippen molar-refractivity contribution in [3.8, 4) is 5.69 Å². The number of anilines is 1. The summed E-state index contributed by atoms with van der Waals surface area (Å²) in [5, 5.41) is 9.76. The molecular formula is C24H21N3O4S. The van der Waals surface area contributed by atoms with E-state index in [1.807, 2.05) is 49.4 Å². The molecule has 2 aromatic carbocycles. The third kappa shape index (κ3) is 4.31. The Morgan fingerprint density at radius 1 is 1.12 bits per heavy atom. The second-order valence-corrected chi connectivity index (χ2v) is 8.07. The lowest BCUT2D eigenvalue weighted by atomic mass is 10.1. The number of aromatic nitrogens is 2. The average Bonchev–Trinajstić information content (AvgIpc) is 3.19. The number of nitrogens with zero attached hydrogens (tertiary/aromatic N) is 2. The van der Waals surface area contributed by atoms with E-state index in [9.17, 15) is 14.4 Å². The molecule has 0 aliphatic rings. The highest BCUT2D eigenvalue weighted by atomic mass is 32.1. The number of benzene rings is 2. The summed E-state index contributed by atoms with van der Waals surface area (Å²) in [7, 11) is 0. The van der Waals surface area contributed by atoms with Gasteiger partial charge in [-0.1, -0.05) is 42.5 Å². The molecule has 0 spiro atoms. The second kappa shape index (κ2) is 9.15. The number of hydrogen-bond donors (Lipinski definition) is 1. The van der Waals surface area contributed by atoms with Crippen molar-refractivity contribution in [3.63, 3.8) is 0 Å². The Morgan fingerprint density at radius 2 is 1.91 bits per heavy atom. The molecule has 0 saturated heterocycles. The smallest absolute Gasteiger partial charge is 0.359 e. The number of thiophene rings is 1. The zero-order valence-corrected chi connectivity index (χ0v) is 18.4. The Morgan fingerprint density at radius 3 is 2.62 bits per heavy atom. The van der Waals surface area contributed by atoms with Crippen LogP contribution < -0.4 is 10.9 Å². The maximum atomic E-state index is 13.4. The Labute approximate surface area is 188 Å². The van der Waals surface area contributed by atoms with Gasteiger partial charge in [0.15, 0.2) is 5.69 Å². The number of ether oxygens (including phenoxy) is 1. The molecule has 2 aromatic heterocycles. The maximum absolute atomic E-state index is 13.4. The predicted octanol–water partition coefficient (Wildman–Crippen LogP) is 4.11. The lowest BCUT2D eigenvalue weighted by Crippen LogP contribution is -2.25. The van der Waals surface area contributed by atoms with Crippen molar-refractivity contribution in [2.45, 2.75) is 20.3 Å². The van der Waals surface area contributed by atoms with Gasteiger partial charge in [-0.05, 0) is 37.1 Å². The van der Waals surface area contributed by atoms with Crippen LogP contribution in [0.5, 0.6) is 0 Å². The standard InChI is InChI=1S/C24H21N3O4S/c1-3-31-24(30)21-18-14-32-22(25-19(28)13-16-9-5-4-6-10-16)20(18)23(29)27(26-21)17-11-7-8-15(2)12-17/h4-12,14H,3,13H2,1-2H3,(H,25,28). The predicted molar refractivity (Wildman–Crippen MR) is 125 cm³/mol. The minimum absolute atomic E-state index is 0.0303. The lowest BCUT2D eigenvalue weighted by molar-refractivity contribution is -0.115. The van der Waals surface area contributed by atoms with Gasteiger partial charge in [-0.25, -0.2) is 4.79 Å². The summed E-state index contributed by atoms with van der Waals surface area (Å²) in [6.45, 7) is 3.78. The molecule has 4 rings (SSSR count). The van der Waals surface area contributed by atoms with Gasteiger partial charge in [0, 0.05) is 10.8 Å². The molecule has 4 aromatic rings. The van der Waals surface area contributed by atoms with Crippen molar-refractivity contribution < 1.29 is 14.3 Å². The summed E-state index contributed by atoms with van der Waals surface area (Å²) in [6, 6.07) is 16.6. The number of nitrogens with one attached hydrogen (secondary N) is 1. The largest absolute Gasteiger partial charge is 0.461 e. The van der Waals surface area contributed by atoms with Crippen molar-refractivity contribution >= 4 is 39.0 Å². The molecule has 2 heterocycles. The first-order chi connectivity index (χ1) is 15.5. The van der Waals surface area contributed by atoms with Crippen LogP contribution in [0, 0.1) is 6.92 Å². The average molecular weight is 448 g/mol. The van der Waals surface area contributed by atoms with Crippen LogP contribution in [-0.2, 0) is 16.0 Å². The summed E-state index contributed by atoms with van der Waals surface area (Å²) in [5.74, 6) is -0.880. The van der Waals surface area contributed by atoms with E-state index in [2.05, 4.69) is 10.4 Å². The molecule has 32 heavy (non-hydrogen) atoms. The molecule has 1 amide bonds. The molecular weight excluding hydrogens is 426 g/mol. The number of carbonyl (C=O) groups excluding carboxylic acids is 2. The molecule has 7 nitrogen and oxygen atoms in total. The molecule has 0 fully saturated rings. The first kappa shape index (κ1) is 21.5. The first-order valence-corrected chi connectivity index (χ1v) is 11.0. The molecule has 0 aliphatic carbocycles. The van der Waals surface area contributed by atoms with Gasteiger partial charge in [-0.15, -0.1) is 11.3 Å². The Bertz CT molecular complexity index is 1360. The number of fused-ring (bicyclic) bond motifs is 1. The van der Waals surface area contributed by atoms with Gasteiger partial charge >= 0.3 is 5.97 Å². The van der Waals surface area contributed by atoms with Crippen LogP contribution in [0.25, 0.3) is 16.5 Å². The molecule has 0 saturated carbocycles. The molecule has 0 atom stereocenters. The topological polar surface area (TPSA) is 90.3 Å². The fourth-order valence-corrected chi connectivity index (χ4v) is 4.33. The zero-order valence-electron chi connectivity index (χ0n) is 17.6. The van der Waals surface area contributed by atoms with E-state index >= 15 is 0 Å². The summed E-state index contributed by atoms with van der Waals surface area (Å²) >= 11 is 1.18. The van der Waals surface area contributed by atoms with Crippen LogP contribution in [0.2, 0.25) is 0 Å². The van der Waals surface area contributed by atoms with Crippen LogP contribution in [0.15, 0.2) is 64.8 Å². The molecule has 8 heteroatoms. The van der Waals surface area contributed by atoms with Gasteiger partial charge in [0.05, 0.1) is 24.1 Å². The number of aryl methyl sites for hydroxylation is 1. The van der Waals surface area contributed by atoms with Crippen LogP contribution in [0.1, 0.15) is 28.5 Å². The highest BCUT2D eigenvalue weighted by Crippen LogP contribution is 2.30. The molecule has 0 bridgehead atoms. The molecule has 0 aliphatic heterocycles. The van der Waals surface area contributed by atoms with Gasteiger partial charge in [0.25, 0.3) is 5.56 Å². The van der Waals surface area contributed by atoms with Crippen LogP contribution in [0.4, 0.5) is 5.00 Å². The maximum Gasteiger partial charge on any atom is 0.359 e. The van der Waals surface area contributed by atoms with Crippen LogP contribution in [0.3, 0.4) is 0 Å². The number of esters is 1. The molecule has 162 valence electrons. The lowest BCUT2D eigenvalue weighted by Gasteiger charge is -2.10. The number of rotatable bonds is 6.